The molecule has 0 aliphatic carbocycles. The number of hydrogen-bond donors (Lipinski definition) is 1. The summed E-state index contributed by atoms with van der Waals surface area (Å²) >= 11 is 6.65. The summed E-state index contributed by atoms with van der Waals surface area (Å²) in [5.41, 5.74) is 1.39. The summed E-state index contributed by atoms with van der Waals surface area (Å²) in [5.74, 6) is -0.387. The highest BCUT2D eigenvalue weighted by Crippen LogP contribution is 2.26. The summed E-state index contributed by atoms with van der Waals surface area (Å²) in [6.45, 7) is 1.82. The van der Waals surface area contributed by atoms with Crippen LogP contribution in [0.4, 0.5) is 5.00 Å². The predicted octanol–water partition coefficient (Wildman–Crippen LogP) is 2.11. The minimum atomic E-state index is -0.292. The van der Waals surface area contributed by atoms with Crippen LogP contribution in [0.3, 0.4) is 0 Å². The number of nitriles is 1. The van der Waals surface area contributed by atoms with Crippen LogP contribution in [-0.4, -0.2) is 11.8 Å². The van der Waals surface area contributed by atoms with Gasteiger partial charge in [0.25, 0.3) is 0 Å². The van der Waals surface area contributed by atoms with E-state index >= 15 is 0 Å². The van der Waals surface area contributed by atoms with E-state index in [2.05, 4.69) is 5.32 Å². The molecule has 0 saturated heterocycles. The van der Waals surface area contributed by atoms with Gasteiger partial charge in [0.05, 0.1) is 5.56 Å². The lowest BCUT2D eigenvalue weighted by atomic mass is 10.2. The highest BCUT2D eigenvalue weighted by Gasteiger charge is 2.09. The molecule has 0 saturated carbocycles. The molecule has 1 aromatic rings. The Kier molecular flexibility index (Phi) is 3.29. The maximum Gasteiger partial charge on any atom is 0.239 e. The van der Waals surface area contributed by atoms with Crippen molar-refractivity contribution in [2.45, 2.75) is 6.92 Å². The van der Waals surface area contributed by atoms with Crippen molar-refractivity contribution in [3.05, 3.63) is 16.5 Å². The zero-order valence-corrected chi connectivity index (χ0v) is 8.50. The number of hydrogen-bond acceptors (Lipinski definition) is 3. The highest BCUT2D eigenvalue weighted by atomic mass is 35.5. The van der Waals surface area contributed by atoms with Gasteiger partial charge < -0.3 is 5.32 Å². The molecule has 1 aromatic heterocycles. The van der Waals surface area contributed by atoms with Gasteiger partial charge in [0.1, 0.15) is 17.0 Å². The van der Waals surface area contributed by atoms with Crippen LogP contribution in [0.2, 0.25) is 0 Å². The fraction of sp³-hybridized carbons (Fsp3) is 0.250. The van der Waals surface area contributed by atoms with E-state index in [9.17, 15) is 4.79 Å². The van der Waals surface area contributed by atoms with Gasteiger partial charge in [-0.3, -0.25) is 4.79 Å². The lowest BCUT2D eigenvalue weighted by Crippen LogP contribution is -2.12. The van der Waals surface area contributed by atoms with Crippen molar-refractivity contribution in [3.8, 4) is 6.07 Å². The van der Waals surface area contributed by atoms with E-state index in [1.54, 1.807) is 0 Å². The average Bonchev–Trinajstić information content (AvgIpc) is 2.46. The van der Waals surface area contributed by atoms with E-state index in [0.717, 1.165) is 5.56 Å². The van der Waals surface area contributed by atoms with E-state index in [-0.39, 0.29) is 11.8 Å². The quantitative estimate of drug-likeness (QED) is 0.767. The second-order valence-electron chi connectivity index (χ2n) is 2.42. The molecule has 0 radical (unpaired) electrons. The number of alkyl halides is 1. The van der Waals surface area contributed by atoms with Gasteiger partial charge in [0.2, 0.25) is 5.91 Å². The number of carbonyl (C=O) groups is 1. The first-order chi connectivity index (χ1) is 6.19. The van der Waals surface area contributed by atoms with Gasteiger partial charge in [-0.05, 0) is 17.9 Å². The molecule has 0 aromatic carbocycles. The molecule has 1 N–H and O–H groups in total. The van der Waals surface area contributed by atoms with E-state index < -0.39 is 0 Å². The predicted molar refractivity (Wildman–Crippen MR) is 53.1 cm³/mol. The van der Waals surface area contributed by atoms with Crippen LogP contribution >= 0.6 is 22.9 Å². The number of anilines is 1. The Morgan fingerprint density at radius 1 is 1.85 bits per heavy atom. The monoisotopic (exact) mass is 214 g/mol. The van der Waals surface area contributed by atoms with Crippen molar-refractivity contribution >= 4 is 33.8 Å². The topological polar surface area (TPSA) is 52.9 Å². The van der Waals surface area contributed by atoms with Gasteiger partial charge >= 0.3 is 0 Å². The molecule has 0 unspecified atom stereocenters. The Morgan fingerprint density at radius 2 is 2.54 bits per heavy atom. The molecular weight excluding hydrogens is 208 g/mol. The summed E-state index contributed by atoms with van der Waals surface area (Å²) in [6, 6.07) is 2.03. The second-order valence-corrected chi connectivity index (χ2v) is 3.56. The molecule has 13 heavy (non-hydrogen) atoms. The van der Waals surface area contributed by atoms with Gasteiger partial charge in [0, 0.05) is 0 Å². The Morgan fingerprint density at radius 3 is 3.08 bits per heavy atom. The first-order valence-electron chi connectivity index (χ1n) is 3.53. The van der Waals surface area contributed by atoms with Gasteiger partial charge in [-0.15, -0.1) is 22.9 Å². The number of amides is 1. The van der Waals surface area contributed by atoms with Crippen LogP contribution < -0.4 is 5.32 Å². The van der Waals surface area contributed by atoms with Crippen LogP contribution in [0, 0.1) is 18.3 Å². The number of nitrogens with zero attached hydrogens (tertiary/aromatic N) is 1. The third-order valence-corrected chi connectivity index (χ3v) is 2.72. The molecule has 0 atom stereocenters. The summed E-state index contributed by atoms with van der Waals surface area (Å²) in [7, 11) is 0. The molecule has 0 aliphatic heterocycles. The Labute approximate surface area is 84.9 Å². The number of rotatable bonds is 2. The van der Waals surface area contributed by atoms with Gasteiger partial charge in [-0.2, -0.15) is 5.26 Å². The lowest BCUT2D eigenvalue weighted by molar-refractivity contribution is -0.113. The van der Waals surface area contributed by atoms with E-state index in [1.165, 1.54) is 11.3 Å². The van der Waals surface area contributed by atoms with Crippen molar-refractivity contribution in [2.24, 2.45) is 0 Å². The maximum absolute atomic E-state index is 10.9. The minimum Gasteiger partial charge on any atom is -0.316 e. The van der Waals surface area contributed by atoms with Crippen molar-refractivity contribution in [1.82, 2.24) is 0 Å². The van der Waals surface area contributed by atoms with Crippen molar-refractivity contribution in [2.75, 3.05) is 11.2 Å². The lowest BCUT2D eigenvalue weighted by Gasteiger charge is -1.98. The highest BCUT2D eigenvalue weighted by molar-refractivity contribution is 7.14. The molecule has 0 fully saturated rings. The smallest absolute Gasteiger partial charge is 0.239 e. The fourth-order valence-electron chi connectivity index (χ4n) is 0.835. The molecule has 1 rings (SSSR count). The van der Waals surface area contributed by atoms with Gasteiger partial charge in [-0.25, -0.2) is 0 Å². The number of carbonyl (C=O) groups excluding carboxylic acids is 1. The first kappa shape index (κ1) is 10.0. The molecule has 68 valence electrons. The van der Waals surface area contributed by atoms with Crippen LogP contribution in [0.1, 0.15) is 11.1 Å². The summed E-state index contributed by atoms with van der Waals surface area (Å²) in [4.78, 5) is 10.9. The zero-order valence-electron chi connectivity index (χ0n) is 6.93. The Balaban J connectivity index is 2.90. The number of halogens is 1. The standard InChI is InChI=1S/C8H7ClN2OS/c1-5-4-13-8(6(5)3-10)11-7(12)2-9/h4H,2H2,1H3,(H,11,12). The van der Waals surface area contributed by atoms with Crippen molar-refractivity contribution in [1.29, 1.82) is 5.26 Å². The fourth-order valence-corrected chi connectivity index (χ4v) is 1.81. The number of aryl methyl sites for hydroxylation is 1. The molecule has 1 heterocycles. The maximum atomic E-state index is 10.9. The Hall–Kier alpha value is -1.05. The molecule has 0 aliphatic rings. The molecule has 5 heteroatoms. The number of thiophene rings is 1. The normalized spacial score (nSPS) is 9.31. The minimum absolute atomic E-state index is 0.0954. The molecular formula is C8H7ClN2OS. The van der Waals surface area contributed by atoms with Crippen molar-refractivity contribution in [3.63, 3.8) is 0 Å². The van der Waals surface area contributed by atoms with Crippen LogP contribution in [0.5, 0.6) is 0 Å². The molecule has 0 bridgehead atoms. The Bertz CT molecular complexity index is 367. The van der Waals surface area contributed by atoms with E-state index in [1.807, 2.05) is 18.4 Å². The summed E-state index contributed by atoms with van der Waals surface area (Å²) < 4.78 is 0. The van der Waals surface area contributed by atoms with Crippen LogP contribution in [-0.2, 0) is 4.79 Å². The van der Waals surface area contributed by atoms with Gasteiger partial charge in [-0.1, -0.05) is 0 Å². The summed E-state index contributed by atoms with van der Waals surface area (Å²) in [6.07, 6.45) is 0. The molecule has 1 amide bonds. The van der Waals surface area contributed by atoms with Gasteiger partial charge in [0.15, 0.2) is 0 Å². The van der Waals surface area contributed by atoms with Crippen LogP contribution in [0.15, 0.2) is 5.38 Å². The third-order valence-electron chi connectivity index (χ3n) is 1.46. The first-order valence-corrected chi connectivity index (χ1v) is 4.94. The average molecular weight is 215 g/mol. The SMILES string of the molecule is Cc1csc(NC(=O)CCl)c1C#N. The van der Waals surface area contributed by atoms with E-state index in [4.69, 9.17) is 16.9 Å². The number of nitrogens with one attached hydrogen (secondary N) is 1. The van der Waals surface area contributed by atoms with Crippen molar-refractivity contribution < 1.29 is 4.79 Å². The van der Waals surface area contributed by atoms with Crippen LogP contribution in [0.25, 0.3) is 0 Å². The summed E-state index contributed by atoms with van der Waals surface area (Å²) in [5, 5.41) is 13.7. The molecule has 3 nitrogen and oxygen atoms in total. The zero-order chi connectivity index (χ0) is 9.84. The molecule has 0 spiro atoms. The second kappa shape index (κ2) is 4.26. The largest absolute Gasteiger partial charge is 0.316 e. The van der Waals surface area contributed by atoms with E-state index in [0.29, 0.717) is 10.6 Å². The third kappa shape index (κ3) is 2.20.